The summed E-state index contributed by atoms with van der Waals surface area (Å²) in [5.74, 6) is -0.0239. The number of rotatable bonds is 5. The van der Waals surface area contributed by atoms with Crippen molar-refractivity contribution < 1.29 is 9.59 Å². The smallest absolute Gasteiger partial charge is 0.245 e. The van der Waals surface area contributed by atoms with Crippen LogP contribution in [0.2, 0.25) is 0 Å². The predicted octanol–water partition coefficient (Wildman–Crippen LogP) is -0.325. The molecule has 0 aromatic rings. The molecule has 16 heavy (non-hydrogen) atoms. The van der Waals surface area contributed by atoms with Crippen LogP contribution < -0.4 is 5.32 Å². The minimum absolute atomic E-state index is 0.0319. The van der Waals surface area contributed by atoms with Gasteiger partial charge in [0.2, 0.25) is 11.8 Å². The number of carbonyl (C=O) groups is 2. The maximum absolute atomic E-state index is 11.7. The SMILES string of the molecule is CC1NC(=O)CN(CCCCN(C)C)C1=O. The number of hydrogen-bond donors (Lipinski definition) is 1. The molecule has 1 saturated heterocycles. The lowest BCUT2D eigenvalue weighted by molar-refractivity contribution is -0.143. The van der Waals surface area contributed by atoms with Crippen molar-refractivity contribution in [1.29, 1.82) is 0 Å². The minimum Gasteiger partial charge on any atom is -0.343 e. The van der Waals surface area contributed by atoms with Crippen LogP contribution in [0, 0.1) is 0 Å². The standard InChI is InChI=1S/C11H21N3O2/c1-9-11(16)14(8-10(15)12-9)7-5-4-6-13(2)3/h9H,4-8H2,1-3H3,(H,12,15). The Kier molecular flexibility index (Phi) is 4.73. The van der Waals surface area contributed by atoms with E-state index >= 15 is 0 Å². The van der Waals surface area contributed by atoms with Gasteiger partial charge in [0.25, 0.3) is 0 Å². The average Bonchev–Trinajstić information content (AvgIpc) is 2.19. The lowest BCUT2D eigenvalue weighted by Crippen LogP contribution is -2.56. The van der Waals surface area contributed by atoms with E-state index in [0.717, 1.165) is 19.4 Å². The summed E-state index contributed by atoms with van der Waals surface area (Å²) >= 11 is 0. The Labute approximate surface area is 96.8 Å². The van der Waals surface area contributed by atoms with Crippen LogP contribution in [0.1, 0.15) is 19.8 Å². The number of nitrogens with zero attached hydrogens (tertiary/aromatic N) is 2. The number of hydrogen-bond acceptors (Lipinski definition) is 3. The lowest BCUT2D eigenvalue weighted by Gasteiger charge is -2.30. The molecule has 0 radical (unpaired) electrons. The molecule has 0 saturated carbocycles. The summed E-state index contributed by atoms with van der Waals surface area (Å²) in [6, 6.07) is -0.366. The molecule has 92 valence electrons. The summed E-state index contributed by atoms with van der Waals surface area (Å²) in [4.78, 5) is 26.7. The van der Waals surface area contributed by atoms with Crippen molar-refractivity contribution in [2.24, 2.45) is 0 Å². The molecule has 1 fully saturated rings. The fourth-order valence-corrected chi connectivity index (χ4v) is 1.79. The van der Waals surface area contributed by atoms with Crippen LogP contribution in [-0.2, 0) is 9.59 Å². The molecule has 5 heteroatoms. The molecule has 1 aliphatic rings. The van der Waals surface area contributed by atoms with Crippen LogP contribution in [-0.4, -0.2) is 61.4 Å². The number of unbranched alkanes of at least 4 members (excludes halogenated alkanes) is 1. The van der Waals surface area contributed by atoms with Gasteiger partial charge >= 0.3 is 0 Å². The highest BCUT2D eigenvalue weighted by molar-refractivity contribution is 5.94. The first-order valence-corrected chi connectivity index (χ1v) is 5.73. The molecule has 5 nitrogen and oxygen atoms in total. The minimum atomic E-state index is -0.366. The van der Waals surface area contributed by atoms with Gasteiger partial charge in [0.1, 0.15) is 6.04 Å². The molecular weight excluding hydrogens is 206 g/mol. The van der Waals surface area contributed by atoms with E-state index in [4.69, 9.17) is 0 Å². The Balaban J connectivity index is 2.29. The molecule has 0 bridgehead atoms. The zero-order chi connectivity index (χ0) is 12.1. The molecule has 1 rings (SSSR count). The van der Waals surface area contributed by atoms with Gasteiger partial charge in [-0.3, -0.25) is 9.59 Å². The first-order valence-electron chi connectivity index (χ1n) is 5.73. The summed E-state index contributed by atoms with van der Waals surface area (Å²) < 4.78 is 0. The van der Waals surface area contributed by atoms with Gasteiger partial charge in [-0.1, -0.05) is 0 Å². The van der Waals surface area contributed by atoms with Crippen molar-refractivity contribution in [2.45, 2.75) is 25.8 Å². The van der Waals surface area contributed by atoms with Gasteiger partial charge in [-0.05, 0) is 40.4 Å². The van der Waals surface area contributed by atoms with E-state index in [1.54, 1.807) is 11.8 Å². The van der Waals surface area contributed by atoms with Crippen LogP contribution in [0.4, 0.5) is 0 Å². The molecule has 1 atom stereocenters. The molecule has 0 aliphatic carbocycles. The van der Waals surface area contributed by atoms with Crippen molar-refractivity contribution in [2.75, 3.05) is 33.7 Å². The quantitative estimate of drug-likeness (QED) is 0.655. The maximum Gasteiger partial charge on any atom is 0.245 e. The Morgan fingerprint density at radius 2 is 2.06 bits per heavy atom. The number of piperazine rings is 1. The van der Waals surface area contributed by atoms with Crippen LogP contribution >= 0.6 is 0 Å². The normalized spacial score (nSPS) is 21.5. The van der Waals surface area contributed by atoms with Gasteiger partial charge in [-0.2, -0.15) is 0 Å². The van der Waals surface area contributed by atoms with E-state index in [9.17, 15) is 9.59 Å². The maximum atomic E-state index is 11.7. The highest BCUT2D eigenvalue weighted by atomic mass is 16.2. The predicted molar refractivity (Wildman–Crippen MR) is 62.0 cm³/mol. The molecule has 1 aliphatic heterocycles. The third-order valence-corrected chi connectivity index (χ3v) is 2.68. The summed E-state index contributed by atoms with van der Waals surface area (Å²) in [5.41, 5.74) is 0. The summed E-state index contributed by atoms with van der Waals surface area (Å²) in [5, 5.41) is 2.63. The fraction of sp³-hybridized carbons (Fsp3) is 0.818. The van der Waals surface area contributed by atoms with E-state index in [0.29, 0.717) is 6.54 Å². The van der Waals surface area contributed by atoms with Gasteiger partial charge in [0, 0.05) is 6.54 Å². The second-order valence-electron chi connectivity index (χ2n) is 4.56. The summed E-state index contributed by atoms with van der Waals surface area (Å²) in [6.45, 7) is 3.64. The third kappa shape index (κ3) is 3.81. The Hall–Kier alpha value is -1.10. The second-order valence-corrected chi connectivity index (χ2v) is 4.56. The zero-order valence-corrected chi connectivity index (χ0v) is 10.3. The van der Waals surface area contributed by atoms with Crippen molar-refractivity contribution >= 4 is 11.8 Å². The molecule has 1 heterocycles. The summed E-state index contributed by atoms with van der Waals surface area (Å²) in [6.07, 6.45) is 2.00. The van der Waals surface area contributed by atoms with Gasteiger partial charge in [-0.25, -0.2) is 0 Å². The first kappa shape index (κ1) is 13.0. The number of amides is 2. The van der Waals surface area contributed by atoms with E-state index in [1.165, 1.54) is 0 Å². The van der Waals surface area contributed by atoms with E-state index in [2.05, 4.69) is 10.2 Å². The van der Waals surface area contributed by atoms with Crippen molar-refractivity contribution in [3.63, 3.8) is 0 Å². The molecule has 1 N–H and O–H groups in total. The van der Waals surface area contributed by atoms with Gasteiger partial charge < -0.3 is 15.1 Å². The van der Waals surface area contributed by atoms with Crippen LogP contribution in [0.3, 0.4) is 0 Å². The topological polar surface area (TPSA) is 52.7 Å². The Morgan fingerprint density at radius 3 is 2.69 bits per heavy atom. The lowest BCUT2D eigenvalue weighted by atomic mass is 10.2. The largest absolute Gasteiger partial charge is 0.343 e. The molecule has 1 unspecified atom stereocenters. The molecular formula is C11H21N3O2. The van der Waals surface area contributed by atoms with Crippen molar-refractivity contribution in [3.05, 3.63) is 0 Å². The monoisotopic (exact) mass is 227 g/mol. The molecule has 0 aromatic heterocycles. The van der Waals surface area contributed by atoms with Gasteiger partial charge in [-0.15, -0.1) is 0 Å². The van der Waals surface area contributed by atoms with E-state index < -0.39 is 0 Å². The molecule has 0 spiro atoms. The van der Waals surface area contributed by atoms with Crippen LogP contribution in [0.25, 0.3) is 0 Å². The highest BCUT2D eigenvalue weighted by Gasteiger charge is 2.28. The number of carbonyl (C=O) groups excluding carboxylic acids is 2. The number of nitrogens with one attached hydrogen (secondary N) is 1. The fourth-order valence-electron chi connectivity index (χ4n) is 1.79. The zero-order valence-electron chi connectivity index (χ0n) is 10.3. The van der Waals surface area contributed by atoms with Gasteiger partial charge in [0.15, 0.2) is 0 Å². The van der Waals surface area contributed by atoms with Crippen LogP contribution in [0.5, 0.6) is 0 Å². The highest BCUT2D eigenvalue weighted by Crippen LogP contribution is 2.04. The third-order valence-electron chi connectivity index (χ3n) is 2.68. The summed E-state index contributed by atoms with van der Waals surface area (Å²) in [7, 11) is 4.06. The van der Waals surface area contributed by atoms with E-state index in [1.807, 2.05) is 14.1 Å². The Bertz CT molecular complexity index is 266. The van der Waals surface area contributed by atoms with Gasteiger partial charge in [0.05, 0.1) is 6.54 Å². The molecule has 2 amide bonds. The van der Waals surface area contributed by atoms with Crippen molar-refractivity contribution in [3.8, 4) is 0 Å². The van der Waals surface area contributed by atoms with Crippen molar-refractivity contribution in [1.82, 2.24) is 15.1 Å². The second kappa shape index (κ2) is 5.84. The van der Waals surface area contributed by atoms with Crippen LogP contribution in [0.15, 0.2) is 0 Å². The van der Waals surface area contributed by atoms with E-state index in [-0.39, 0.29) is 24.4 Å². The molecule has 0 aromatic carbocycles. The average molecular weight is 227 g/mol. The first-order chi connectivity index (χ1) is 7.50. The Morgan fingerprint density at radius 1 is 1.38 bits per heavy atom.